The van der Waals surface area contributed by atoms with E-state index < -0.39 is 0 Å². The summed E-state index contributed by atoms with van der Waals surface area (Å²) in [5, 5.41) is 6.78. The molecule has 1 amide bonds. The number of amides is 1. The number of thioether (sulfide) groups is 1. The van der Waals surface area contributed by atoms with E-state index in [1.807, 2.05) is 61.5 Å². The Morgan fingerprint density at radius 3 is 2.52 bits per heavy atom. The molecule has 2 aromatic carbocycles. The number of aryl methyl sites for hydroxylation is 1. The van der Waals surface area contributed by atoms with Crippen LogP contribution < -0.4 is 5.32 Å². The zero-order valence-electron chi connectivity index (χ0n) is 14.1. The molecule has 3 aromatic rings. The number of aromatic nitrogens is 2. The van der Waals surface area contributed by atoms with Crippen molar-refractivity contribution in [2.24, 2.45) is 0 Å². The van der Waals surface area contributed by atoms with E-state index in [1.54, 1.807) is 18.7 Å². The second-order valence-electron chi connectivity index (χ2n) is 5.65. The number of carbonyl (C=O) groups is 1. The average molecular weight is 353 g/mol. The minimum Gasteiger partial charge on any atom is -0.346 e. The highest BCUT2D eigenvalue weighted by molar-refractivity contribution is 7.98. The van der Waals surface area contributed by atoms with Gasteiger partial charge < -0.3 is 9.84 Å². The minimum atomic E-state index is -0.0829. The summed E-state index contributed by atoms with van der Waals surface area (Å²) in [6.45, 7) is 3.77. The van der Waals surface area contributed by atoms with Crippen LogP contribution in [-0.2, 0) is 5.75 Å². The monoisotopic (exact) mass is 353 g/mol. The van der Waals surface area contributed by atoms with Gasteiger partial charge >= 0.3 is 0 Å². The quantitative estimate of drug-likeness (QED) is 0.674. The maximum absolute atomic E-state index is 12.4. The van der Waals surface area contributed by atoms with Gasteiger partial charge in [0, 0.05) is 10.5 Å². The Labute approximate surface area is 150 Å². The van der Waals surface area contributed by atoms with Crippen LogP contribution in [0.25, 0.3) is 0 Å². The van der Waals surface area contributed by atoms with Gasteiger partial charge in [-0.3, -0.25) is 4.79 Å². The number of nitrogens with zero attached hydrogens (tertiary/aromatic N) is 2. The Kier molecular flexibility index (Phi) is 5.50. The van der Waals surface area contributed by atoms with E-state index in [4.69, 9.17) is 4.52 Å². The fourth-order valence-electron chi connectivity index (χ4n) is 2.35. The van der Waals surface area contributed by atoms with Gasteiger partial charge in [-0.15, -0.1) is 11.8 Å². The van der Waals surface area contributed by atoms with Crippen LogP contribution in [0.15, 0.2) is 64.0 Å². The van der Waals surface area contributed by atoms with Crippen LogP contribution in [0.4, 0.5) is 0 Å². The molecule has 0 saturated heterocycles. The molecule has 3 rings (SSSR count). The third-order valence-corrected chi connectivity index (χ3v) is 4.69. The molecule has 6 heteroatoms. The van der Waals surface area contributed by atoms with E-state index >= 15 is 0 Å². The summed E-state index contributed by atoms with van der Waals surface area (Å²) < 4.78 is 5.09. The van der Waals surface area contributed by atoms with Gasteiger partial charge in [0.2, 0.25) is 5.89 Å². The standard InChI is InChI=1S/C19H19N3O2S/c1-13(15-6-4-3-5-7-15)20-19(23)16-8-10-17(11-9-16)25-12-18-21-14(2)22-24-18/h3-11,13H,12H2,1-2H3,(H,20,23)/t13-/m1/s1. The fraction of sp³-hybridized carbons (Fsp3) is 0.211. The largest absolute Gasteiger partial charge is 0.346 e. The van der Waals surface area contributed by atoms with Gasteiger partial charge in [-0.1, -0.05) is 35.5 Å². The van der Waals surface area contributed by atoms with Crippen molar-refractivity contribution >= 4 is 17.7 Å². The Hall–Kier alpha value is -2.60. The molecule has 1 N–H and O–H groups in total. The van der Waals surface area contributed by atoms with Crippen molar-refractivity contribution < 1.29 is 9.32 Å². The van der Waals surface area contributed by atoms with Gasteiger partial charge in [0.25, 0.3) is 5.91 Å². The van der Waals surface area contributed by atoms with Gasteiger partial charge in [0.1, 0.15) is 0 Å². The summed E-state index contributed by atoms with van der Waals surface area (Å²) in [4.78, 5) is 17.6. The molecule has 0 bridgehead atoms. The zero-order chi connectivity index (χ0) is 17.6. The van der Waals surface area contributed by atoms with Crippen LogP contribution in [0.2, 0.25) is 0 Å². The maximum atomic E-state index is 12.4. The van der Waals surface area contributed by atoms with Crippen LogP contribution in [0, 0.1) is 6.92 Å². The number of hydrogen-bond donors (Lipinski definition) is 1. The van der Waals surface area contributed by atoms with Crippen molar-refractivity contribution in [3.63, 3.8) is 0 Å². The van der Waals surface area contributed by atoms with Gasteiger partial charge in [0.15, 0.2) is 5.82 Å². The molecule has 0 fully saturated rings. The highest BCUT2D eigenvalue weighted by Crippen LogP contribution is 2.22. The molecule has 1 atom stereocenters. The molecule has 0 saturated carbocycles. The molecule has 1 aromatic heterocycles. The van der Waals surface area contributed by atoms with E-state index in [0.717, 1.165) is 10.5 Å². The Morgan fingerprint density at radius 1 is 1.16 bits per heavy atom. The van der Waals surface area contributed by atoms with E-state index in [9.17, 15) is 4.79 Å². The van der Waals surface area contributed by atoms with Crippen molar-refractivity contribution in [3.05, 3.63) is 77.4 Å². The molecule has 1 heterocycles. The molecule has 0 aliphatic heterocycles. The third-order valence-electron chi connectivity index (χ3n) is 3.70. The highest BCUT2D eigenvalue weighted by atomic mass is 32.2. The van der Waals surface area contributed by atoms with Crippen molar-refractivity contribution in [3.8, 4) is 0 Å². The zero-order valence-corrected chi connectivity index (χ0v) is 14.9. The Morgan fingerprint density at radius 2 is 1.88 bits per heavy atom. The lowest BCUT2D eigenvalue weighted by molar-refractivity contribution is 0.0940. The first-order valence-corrected chi connectivity index (χ1v) is 8.98. The number of hydrogen-bond acceptors (Lipinski definition) is 5. The van der Waals surface area contributed by atoms with Crippen LogP contribution >= 0.6 is 11.8 Å². The van der Waals surface area contributed by atoms with Crippen LogP contribution in [0.1, 0.15) is 40.6 Å². The lowest BCUT2D eigenvalue weighted by atomic mass is 10.1. The second kappa shape index (κ2) is 7.98. The first-order chi connectivity index (χ1) is 12.1. The summed E-state index contributed by atoms with van der Waals surface area (Å²) in [6.07, 6.45) is 0. The third kappa shape index (κ3) is 4.70. The normalized spacial score (nSPS) is 11.9. The number of benzene rings is 2. The Bertz CT molecular complexity index is 831. The van der Waals surface area contributed by atoms with Crippen molar-refractivity contribution in [2.75, 3.05) is 0 Å². The second-order valence-corrected chi connectivity index (χ2v) is 6.70. The molecule has 0 aliphatic carbocycles. The molecule has 5 nitrogen and oxygen atoms in total. The number of rotatable bonds is 6. The fourth-order valence-corrected chi connectivity index (χ4v) is 3.09. The summed E-state index contributed by atoms with van der Waals surface area (Å²) >= 11 is 1.59. The molecular weight excluding hydrogens is 334 g/mol. The molecular formula is C19H19N3O2S. The maximum Gasteiger partial charge on any atom is 0.251 e. The number of nitrogens with one attached hydrogen (secondary N) is 1. The van der Waals surface area contributed by atoms with Gasteiger partial charge in [-0.25, -0.2) is 0 Å². The molecule has 0 radical (unpaired) electrons. The van der Waals surface area contributed by atoms with E-state index in [0.29, 0.717) is 23.0 Å². The average Bonchev–Trinajstić information content (AvgIpc) is 3.06. The van der Waals surface area contributed by atoms with Gasteiger partial charge in [-0.05, 0) is 43.7 Å². The van der Waals surface area contributed by atoms with E-state index in [-0.39, 0.29) is 11.9 Å². The van der Waals surface area contributed by atoms with Crippen molar-refractivity contribution in [2.45, 2.75) is 30.5 Å². The molecule has 0 aliphatic rings. The molecule has 25 heavy (non-hydrogen) atoms. The first-order valence-electron chi connectivity index (χ1n) is 7.99. The number of carbonyl (C=O) groups excluding carboxylic acids is 1. The van der Waals surface area contributed by atoms with Crippen molar-refractivity contribution in [1.29, 1.82) is 0 Å². The topological polar surface area (TPSA) is 68.0 Å². The smallest absolute Gasteiger partial charge is 0.251 e. The Balaban J connectivity index is 1.57. The SMILES string of the molecule is Cc1noc(CSc2ccc(C(=O)N[C@H](C)c3ccccc3)cc2)n1. The summed E-state index contributed by atoms with van der Waals surface area (Å²) in [7, 11) is 0. The summed E-state index contributed by atoms with van der Waals surface area (Å²) in [5.41, 5.74) is 1.72. The predicted molar refractivity (Wildman–Crippen MR) is 97.4 cm³/mol. The highest BCUT2D eigenvalue weighted by Gasteiger charge is 2.11. The lowest BCUT2D eigenvalue weighted by Crippen LogP contribution is -2.26. The molecule has 0 unspecified atom stereocenters. The molecule has 0 spiro atoms. The minimum absolute atomic E-state index is 0.0384. The van der Waals surface area contributed by atoms with Crippen molar-refractivity contribution in [1.82, 2.24) is 15.5 Å². The van der Waals surface area contributed by atoms with Gasteiger partial charge in [0.05, 0.1) is 11.8 Å². The van der Waals surface area contributed by atoms with Gasteiger partial charge in [-0.2, -0.15) is 4.98 Å². The molecule has 128 valence electrons. The lowest BCUT2D eigenvalue weighted by Gasteiger charge is -2.14. The van der Waals surface area contributed by atoms with Crippen LogP contribution in [-0.4, -0.2) is 16.0 Å². The van der Waals surface area contributed by atoms with E-state index in [1.165, 1.54) is 0 Å². The van der Waals surface area contributed by atoms with E-state index in [2.05, 4.69) is 15.5 Å². The first kappa shape index (κ1) is 17.2. The predicted octanol–water partition coefficient (Wildman–Crippen LogP) is 4.16. The van der Waals surface area contributed by atoms with Crippen LogP contribution in [0.5, 0.6) is 0 Å². The van der Waals surface area contributed by atoms with Crippen LogP contribution in [0.3, 0.4) is 0 Å². The summed E-state index contributed by atoms with van der Waals surface area (Å²) in [5.74, 6) is 1.76. The summed E-state index contributed by atoms with van der Waals surface area (Å²) in [6, 6.07) is 17.4.